The minimum Gasteiger partial charge on any atom is -0.444 e. The Morgan fingerprint density at radius 1 is 1.05 bits per heavy atom. The minimum atomic E-state index is -0.486. The SMILES string of the molecule is Cc1nc(C)c2nc(-c3cncc(F)c3)n(Cc3cnc(CC4CCN(C(=O)OC(C)(C)C)CC4)cc3C)c2n1. The molecule has 1 aliphatic rings. The lowest BCUT2D eigenvalue weighted by Gasteiger charge is -2.33. The van der Waals surface area contributed by atoms with Gasteiger partial charge in [0, 0.05) is 36.7 Å². The van der Waals surface area contributed by atoms with Crippen molar-refractivity contribution >= 4 is 17.3 Å². The number of amides is 1. The monoisotopic (exact) mass is 545 g/mol. The summed E-state index contributed by atoms with van der Waals surface area (Å²) in [4.78, 5) is 37.0. The number of carbonyl (C=O) groups is 1. The Morgan fingerprint density at radius 2 is 1.80 bits per heavy atom. The van der Waals surface area contributed by atoms with E-state index >= 15 is 0 Å². The van der Waals surface area contributed by atoms with Gasteiger partial charge in [0.05, 0.1) is 18.4 Å². The van der Waals surface area contributed by atoms with Gasteiger partial charge in [0.2, 0.25) is 0 Å². The number of likely N-dealkylation sites (tertiary alicyclic amines) is 1. The van der Waals surface area contributed by atoms with Gasteiger partial charge in [-0.05, 0) is 90.0 Å². The number of pyridine rings is 2. The zero-order valence-electron chi connectivity index (χ0n) is 24.0. The summed E-state index contributed by atoms with van der Waals surface area (Å²) in [6, 6.07) is 3.58. The van der Waals surface area contributed by atoms with Crippen molar-refractivity contribution in [1.29, 1.82) is 0 Å². The molecule has 0 bridgehead atoms. The van der Waals surface area contributed by atoms with Crippen LogP contribution in [0.4, 0.5) is 9.18 Å². The molecule has 4 aromatic heterocycles. The van der Waals surface area contributed by atoms with E-state index in [1.807, 2.05) is 45.4 Å². The van der Waals surface area contributed by atoms with Crippen LogP contribution in [-0.2, 0) is 17.7 Å². The predicted molar refractivity (Wildman–Crippen MR) is 150 cm³/mol. The standard InChI is InChI=1S/C30H36FN7O2/c1-18-11-25(12-21-7-9-37(10-8-21)29(39)40-30(4,5)6)33-15-23(18)17-38-27(22-13-24(31)16-32-14-22)36-26-19(2)34-20(3)35-28(26)38/h11,13-16,21H,7-10,12,17H2,1-6H3. The number of hydrogen-bond acceptors (Lipinski definition) is 7. The molecule has 0 N–H and O–H groups in total. The van der Waals surface area contributed by atoms with Crippen LogP contribution in [0.1, 0.15) is 62.0 Å². The number of halogens is 1. The molecule has 1 saturated heterocycles. The number of aryl methyl sites for hydroxylation is 3. The first-order valence-electron chi connectivity index (χ1n) is 13.7. The van der Waals surface area contributed by atoms with E-state index in [-0.39, 0.29) is 6.09 Å². The second kappa shape index (κ2) is 10.9. The first kappa shape index (κ1) is 27.6. The first-order chi connectivity index (χ1) is 19.0. The lowest BCUT2D eigenvalue weighted by Crippen LogP contribution is -2.42. The van der Waals surface area contributed by atoms with Crippen LogP contribution >= 0.6 is 0 Å². The number of aromatic nitrogens is 6. The maximum atomic E-state index is 14.1. The Hall–Kier alpha value is -3.95. The highest BCUT2D eigenvalue weighted by Gasteiger charge is 2.27. The van der Waals surface area contributed by atoms with Crippen molar-refractivity contribution in [3.05, 3.63) is 64.9 Å². The highest BCUT2D eigenvalue weighted by atomic mass is 19.1. The summed E-state index contributed by atoms with van der Waals surface area (Å²) in [7, 11) is 0. The number of nitrogens with zero attached hydrogens (tertiary/aromatic N) is 7. The fraction of sp³-hybridized carbons (Fsp3) is 0.467. The molecule has 0 atom stereocenters. The molecule has 0 saturated carbocycles. The molecule has 0 aliphatic carbocycles. The van der Waals surface area contributed by atoms with Crippen LogP contribution in [0.15, 0.2) is 30.7 Å². The Bertz CT molecular complexity index is 1550. The molecule has 0 aromatic carbocycles. The van der Waals surface area contributed by atoms with Crippen LogP contribution in [-0.4, -0.2) is 59.2 Å². The lowest BCUT2D eigenvalue weighted by atomic mass is 9.91. The smallest absolute Gasteiger partial charge is 0.410 e. The third kappa shape index (κ3) is 6.11. The van der Waals surface area contributed by atoms with E-state index in [1.54, 1.807) is 11.1 Å². The fourth-order valence-electron chi connectivity index (χ4n) is 5.21. The molecule has 1 amide bonds. The van der Waals surface area contributed by atoms with E-state index in [1.165, 1.54) is 12.3 Å². The normalized spacial score (nSPS) is 14.6. The second-order valence-corrected chi connectivity index (χ2v) is 11.7. The van der Waals surface area contributed by atoms with E-state index in [9.17, 15) is 9.18 Å². The Morgan fingerprint density at radius 3 is 2.48 bits per heavy atom. The molecule has 10 heteroatoms. The summed E-state index contributed by atoms with van der Waals surface area (Å²) in [5, 5.41) is 0. The summed E-state index contributed by atoms with van der Waals surface area (Å²) in [5.41, 5.74) is 5.43. The maximum Gasteiger partial charge on any atom is 0.410 e. The van der Waals surface area contributed by atoms with Gasteiger partial charge in [0.15, 0.2) is 5.65 Å². The summed E-state index contributed by atoms with van der Waals surface area (Å²) in [5.74, 6) is 1.28. The average Bonchev–Trinajstić information content (AvgIpc) is 3.23. The molecule has 5 rings (SSSR count). The molecule has 9 nitrogen and oxygen atoms in total. The number of piperidine rings is 1. The molecule has 40 heavy (non-hydrogen) atoms. The first-order valence-corrected chi connectivity index (χ1v) is 13.7. The van der Waals surface area contributed by atoms with Crippen molar-refractivity contribution in [3.63, 3.8) is 0 Å². The number of imidazole rings is 1. The van der Waals surface area contributed by atoms with Crippen LogP contribution < -0.4 is 0 Å². The summed E-state index contributed by atoms with van der Waals surface area (Å²) in [6.07, 6.45) is 7.18. The molecular weight excluding hydrogens is 509 g/mol. The average molecular weight is 546 g/mol. The maximum absolute atomic E-state index is 14.1. The van der Waals surface area contributed by atoms with E-state index in [0.29, 0.717) is 53.9 Å². The predicted octanol–water partition coefficient (Wildman–Crippen LogP) is 5.59. The fourth-order valence-corrected chi connectivity index (χ4v) is 5.21. The van der Waals surface area contributed by atoms with Crippen molar-refractivity contribution in [1.82, 2.24) is 34.4 Å². The van der Waals surface area contributed by atoms with E-state index in [2.05, 4.69) is 27.9 Å². The molecule has 4 aromatic rings. The molecular formula is C30H36FN7O2. The van der Waals surface area contributed by atoms with Crippen LogP contribution in [0, 0.1) is 32.5 Å². The van der Waals surface area contributed by atoms with Crippen molar-refractivity contribution in [2.24, 2.45) is 5.92 Å². The molecule has 1 aliphatic heterocycles. The summed E-state index contributed by atoms with van der Waals surface area (Å²) < 4.78 is 21.6. The number of fused-ring (bicyclic) bond motifs is 1. The number of carbonyl (C=O) groups excluding carboxylic acids is 1. The van der Waals surface area contributed by atoms with E-state index in [0.717, 1.165) is 41.8 Å². The molecule has 5 heterocycles. The van der Waals surface area contributed by atoms with Crippen LogP contribution in [0.2, 0.25) is 0 Å². The lowest BCUT2D eigenvalue weighted by molar-refractivity contribution is 0.0184. The van der Waals surface area contributed by atoms with Crippen molar-refractivity contribution < 1.29 is 13.9 Å². The highest BCUT2D eigenvalue weighted by molar-refractivity contribution is 5.79. The van der Waals surface area contributed by atoms with E-state index < -0.39 is 11.4 Å². The van der Waals surface area contributed by atoms with Crippen molar-refractivity contribution in [3.8, 4) is 11.4 Å². The summed E-state index contributed by atoms with van der Waals surface area (Å²) in [6.45, 7) is 13.4. The zero-order chi connectivity index (χ0) is 28.6. The van der Waals surface area contributed by atoms with Gasteiger partial charge in [0.25, 0.3) is 0 Å². The molecule has 0 unspecified atom stereocenters. The van der Waals surface area contributed by atoms with Crippen LogP contribution in [0.25, 0.3) is 22.6 Å². The van der Waals surface area contributed by atoms with Gasteiger partial charge in [-0.15, -0.1) is 0 Å². The van der Waals surface area contributed by atoms with Crippen LogP contribution in [0.5, 0.6) is 0 Å². The highest BCUT2D eigenvalue weighted by Crippen LogP contribution is 2.28. The molecule has 0 radical (unpaired) electrons. The van der Waals surface area contributed by atoms with Crippen molar-refractivity contribution in [2.45, 2.75) is 73.0 Å². The Kier molecular flexibility index (Phi) is 7.53. The summed E-state index contributed by atoms with van der Waals surface area (Å²) >= 11 is 0. The Balaban J connectivity index is 1.34. The second-order valence-electron chi connectivity index (χ2n) is 11.7. The van der Waals surface area contributed by atoms with Gasteiger partial charge in [-0.3, -0.25) is 9.97 Å². The van der Waals surface area contributed by atoms with Gasteiger partial charge >= 0.3 is 6.09 Å². The van der Waals surface area contributed by atoms with Gasteiger partial charge in [-0.25, -0.2) is 24.1 Å². The van der Waals surface area contributed by atoms with Gasteiger partial charge in [-0.1, -0.05) is 0 Å². The van der Waals surface area contributed by atoms with E-state index in [4.69, 9.17) is 14.7 Å². The third-order valence-electron chi connectivity index (χ3n) is 7.21. The Labute approximate surface area is 233 Å². The minimum absolute atomic E-state index is 0.236. The third-order valence-corrected chi connectivity index (χ3v) is 7.21. The zero-order valence-corrected chi connectivity index (χ0v) is 24.0. The molecule has 0 spiro atoms. The molecule has 210 valence electrons. The topological polar surface area (TPSA) is 98.9 Å². The number of hydrogen-bond donors (Lipinski definition) is 0. The molecule has 1 fully saturated rings. The van der Waals surface area contributed by atoms with Crippen molar-refractivity contribution in [2.75, 3.05) is 13.1 Å². The number of rotatable bonds is 5. The number of ether oxygens (including phenoxy) is 1. The van der Waals surface area contributed by atoms with Gasteiger partial charge in [-0.2, -0.15) is 0 Å². The largest absolute Gasteiger partial charge is 0.444 e. The van der Waals surface area contributed by atoms with Crippen LogP contribution in [0.3, 0.4) is 0 Å². The van der Waals surface area contributed by atoms with Gasteiger partial charge < -0.3 is 14.2 Å². The van der Waals surface area contributed by atoms with Gasteiger partial charge in [0.1, 0.15) is 28.6 Å². The quantitative estimate of drug-likeness (QED) is 0.323.